The summed E-state index contributed by atoms with van der Waals surface area (Å²) in [6, 6.07) is 5.86. The topological polar surface area (TPSA) is 85.2 Å². The van der Waals surface area contributed by atoms with Crippen LogP contribution in [-0.2, 0) is 16.1 Å². The van der Waals surface area contributed by atoms with E-state index in [-0.39, 0.29) is 12.5 Å². The summed E-state index contributed by atoms with van der Waals surface area (Å²) in [5, 5.41) is 8.18. The number of hydrogen-bond acceptors (Lipinski definition) is 6. The maximum Gasteiger partial charge on any atom is 0.246 e. The van der Waals surface area contributed by atoms with Crippen LogP contribution < -0.4 is 10.2 Å². The van der Waals surface area contributed by atoms with Crippen LogP contribution in [0.2, 0.25) is 0 Å². The van der Waals surface area contributed by atoms with Gasteiger partial charge in [-0.15, -0.1) is 0 Å². The molecule has 1 aliphatic heterocycles. The molecule has 140 valence electrons. The first-order valence-corrected chi connectivity index (χ1v) is 8.99. The molecule has 2 aromatic heterocycles. The molecule has 0 atom stereocenters. The number of nitrogens with zero attached hydrogens (tertiary/aromatic N) is 5. The SMILES string of the molecule is Cc1cccc(NC(=O)Cn2ncc3c(N4CCOCC4)ncnc32)c1C. The molecule has 0 unspecified atom stereocenters. The molecule has 3 heterocycles. The van der Waals surface area contributed by atoms with Gasteiger partial charge in [-0.2, -0.15) is 5.10 Å². The lowest BCUT2D eigenvalue weighted by Gasteiger charge is -2.27. The van der Waals surface area contributed by atoms with E-state index in [4.69, 9.17) is 4.74 Å². The van der Waals surface area contributed by atoms with E-state index in [2.05, 4.69) is 25.3 Å². The lowest BCUT2D eigenvalue weighted by molar-refractivity contribution is -0.116. The molecule has 3 aromatic rings. The number of amides is 1. The Labute approximate surface area is 157 Å². The van der Waals surface area contributed by atoms with Crippen molar-refractivity contribution in [2.24, 2.45) is 0 Å². The van der Waals surface area contributed by atoms with Crippen molar-refractivity contribution in [3.05, 3.63) is 41.9 Å². The quantitative estimate of drug-likeness (QED) is 0.759. The minimum absolute atomic E-state index is 0.0937. The van der Waals surface area contributed by atoms with Gasteiger partial charge < -0.3 is 15.0 Å². The van der Waals surface area contributed by atoms with Crippen molar-refractivity contribution in [3.8, 4) is 0 Å². The first-order chi connectivity index (χ1) is 13.1. The van der Waals surface area contributed by atoms with Crippen LogP contribution in [0.15, 0.2) is 30.7 Å². The van der Waals surface area contributed by atoms with E-state index in [9.17, 15) is 4.79 Å². The smallest absolute Gasteiger partial charge is 0.246 e. The van der Waals surface area contributed by atoms with Gasteiger partial charge in [0.25, 0.3) is 0 Å². The van der Waals surface area contributed by atoms with Crippen LogP contribution in [0.3, 0.4) is 0 Å². The van der Waals surface area contributed by atoms with Crippen molar-refractivity contribution in [1.29, 1.82) is 0 Å². The first-order valence-electron chi connectivity index (χ1n) is 8.99. The molecule has 8 nitrogen and oxygen atoms in total. The van der Waals surface area contributed by atoms with Crippen molar-refractivity contribution in [1.82, 2.24) is 19.7 Å². The van der Waals surface area contributed by atoms with E-state index >= 15 is 0 Å². The highest BCUT2D eigenvalue weighted by molar-refractivity contribution is 5.93. The van der Waals surface area contributed by atoms with Crippen molar-refractivity contribution in [2.45, 2.75) is 20.4 Å². The van der Waals surface area contributed by atoms with Gasteiger partial charge in [0.15, 0.2) is 5.65 Å². The molecule has 0 radical (unpaired) electrons. The molecule has 0 bridgehead atoms. The second-order valence-electron chi connectivity index (χ2n) is 6.63. The summed E-state index contributed by atoms with van der Waals surface area (Å²) >= 11 is 0. The number of fused-ring (bicyclic) bond motifs is 1. The summed E-state index contributed by atoms with van der Waals surface area (Å²) in [6.45, 7) is 7.03. The Morgan fingerprint density at radius 3 is 2.85 bits per heavy atom. The van der Waals surface area contributed by atoms with E-state index < -0.39 is 0 Å². The van der Waals surface area contributed by atoms with Crippen molar-refractivity contribution < 1.29 is 9.53 Å². The molecule has 1 aliphatic rings. The summed E-state index contributed by atoms with van der Waals surface area (Å²) in [5.41, 5.74) is 3.68. The minimum atomic E-state index is -0.139. The van der Waals surface area contributed by atoms with Gasteiger partial charge in [0.2, 0.25) is 5.91 Å². The Morgan fingerprint density at radius 1 is 1.22 bits per heavy atom. The number of aromatic nitrogens is 4. The standard InChI is InChI=1S/C19H22N6O2/c1-13-4-3-5-16(14(13)2)23-17(26)11-25-19-15(10-22-25)18(20-12-21-19)24-6-8-27-9-7-24/h3-5,10,12H,6-9,11H2,1-2H3,(H,23,26). The molecule has 1 aromatic carbocycles. The van der Waals surface area contributed by atoms with E-state index in [1.807, 2.05) is 32.0 Å². The Morgan fingerprint density at radius 2 is 2.04 bits per heavy atom. The number of benzene rings is 1. The van der Waals surface area contributed by atoms with Crippen LogP contribution in [0.4, 0.5) is 11.5 Å². The molecule has 0 aliphatic carbocycles. The van der Waals surface area contributed by atoms with Crippen molar-refractivity contribution >= 4 is 28.4 Å². The van der Waals surface area contributed by atoms with Crippen molar-refractivity contribution in [2.75, 3.05) is 36.5 Å². The summed E-state index contributed by atoms with van der Waals surface area (Å²) in [5.74, 6) is 0.699. The third-order valence-corrected chi connectivity index (χ3v) is 4.90. The van der Waals surface area contributed by atoms with Gasteiger partial charge in [-0.05, 0) is 31.0 Å². The molecule has 1 fully saturated rings. The number of aryl methyl sites for hydroxylation is 1. The largest absolute Gasteiger partial charge is 0.378 e. The molecular weight excluding hydrogens is 344 g/mol. The second-order valence-corrected chi connectivity index (χ2v) is 6.63. The number of anilines is 2. The molecule has 8 heteroatoms. The molecular formula is C19H22N6O2. The predicted octanol–water partition coefficient (Wildman–Crippen LogP) is 1.92. The monoisotopic (exact) mass is 366 g/mol. The molecule has 1 amide bonds. The number of morpholine rings is 1. The van der Waals surface area contributed by atoms with Gasteiger partial charge in [0.05, 0.1) is 24.8 Å². The second kappa shape index (κ2) is 7.32. The zero-order valence-electron chi connectivity index (χ0n) is 15.5. The van der Waals surface area contributed by atoms with Crippen LogP contribution in [0, 0.1) is 13.8 Å². The summed E-state index contributed by atoms with van der Waals surface area (Å²) in [6.07, 6.45) is 3.25. The normalized spacial score (nSPS) is 14.5. The number of carbonyl (C=O) groups is 1. The third-order valence-electron chi connectivity index (χ3n) is 4.90. The van der Waals surface area contributed by atoms with Gasteiger partial charge in [-0.1, -0.05) is 12.1 Å². The average molecular weight is 366 g/mol. The highest BCUT2D eigenvalue weighted by Crippen LogP contribution is 2.23. The minimum Gasteiger partial charge on any atom is -0.378 e. The number of carbonyl (C=O) groups excluding carboxylic acids is 1. The summed E-state index contributed by atoms with van der Waals surface area (Å²) in [7, 11) is 0. The van der Waals surface area contributed by atoms with Crippen LogP contribution >= 0.6 is 0 Å². The van der Waals surface area contributed by atoms with E-state index in [1.165, 1.54) is 6.33 Å². The van der Waals surface area contributed by atoms with Gasteiger partial charge in [-0.25, -0.2) is 14.6 Å². The zero-order valence-corrected chi connectivity index (χ0v) is 15.5. The lowest BCUT2D eigenvalue weighted by atomic mass is 10.1. The van der Waals surface area contributed by atoms with Crippen LogP contribution in [-0.4, -0.2) is 52.0 Å². The van der Waals surface area contributed by atoms with Crippen LogP contribution in [0.1, 0.15) is 11.1 Å². The fourth-order valence-electron chi connectivity index (χ4n) is 3.24. The Balaban J connectivity index is 1.55. The molecule has 1 N–H and O–H groups in total. The number of rotatable bonds is 4. The van der Waals surface area contributed by atoms with Crippen LogP contribution in [0.5, 0.6) is 0 Å². The Bertz CT molecular complexity index is 977. The lowest BCUT2D eigenvalue weighted by Crippen LogP contribution is -2.36. The number of ether oxygens (including phenoxy) is 1. The summed E-state index contributed by atoms with van der Waals surface area (Å²) < 4.78 is 7.02. The number of hydrogen-bond donors (Lipinski definition) is 1. The molecule has 1 saturated heterocycles. The molecule has 4 rings (SSSR count). The summed E-state index contributed by atoms with van der Waals surface area (Å²) in [4.78, 5) is 23.5. The van der Waals surface area contributed by atoms with Gasteiger partial charge in [0, 0.05) is 18.8 Å². The Kier molecular flexibility index (Phi) is 4.72. The fourth-order valence-corrected chi connectivity index (χ4v) is 3.24. The molecule has 27 heavy (non-hydrogen) atoms. The Hall–Kier alpha value is -3.00. The van der Waals surface area contributed by atoms with E-state index in [1.54, 1.807) is 10.9 Å². The fraction of sp³-hybridized carbons (Fsp3) is 0.368. The zero-order chi connectivity index (χ0) is 18.8. The van der Waals surface area contributed by atoms with E-state index in [0.29, 0.717) is 18.9 Å². The molecule has 0 saturated carbocycles. The maximum absolute atomic E-state index is 12.5. The highest BCUT2D eigenvalue weighted by atomic mass is 16.5. The van der Waals surface area contributed by atoms with Crippen molar-refractivity contribution in [3.63, 3.8) is 0 Å². The average Bonchev–Trinajstić information content (AvgIpc) is 3.09. The van der Waals surface area contributed by atoms with Gasteiger partial charge >= 0.3 is 0 Å². The third kappa shape index (κ3) is 3.48. The van der Waals surface area contributed by atoms with Crippen LogP contribution in [0.25, 0.3) is 11.0 Å². The van der Waals surface area contributed by atoms with Gasteiger partial charge in [0.1, 0.15) is 18.7 Å². The molecule has 0 spiro atoms. The maximum atomic E-state index is 12.5. The predicted molar refractivity (Wildman–Crippen MR) is 103 cm³/mol. The first kappa shape index (κ1) is 17.4. The van der Waals surface area contributed by atoms with Gasteiger partial charge in [-0.3, -0.25) is 4.79 Å². The number of nitrogens with one attached hydrogen (secondary N) is 1. The highest BCUT2D eigenvalue weighted by Gasteiger charge is 2.19. The van der Waals surface area contributed by atoms with E-state index in [0.717, 1.165) is 41.1 Å².